The van der Waals surface area contributed by atoms with Crippen LogP contribution in [-0.2, 0) is 4.79 Å². The van der Waals surface area contributed by atoms with Crippen LogP contribution in [0.3, 0.4) is 0 Å². The van der Waals surface area contributed by atoms with E-state index >= 15 is 0 Å². The molecule has 0 aromatic heterocycles. The van der Waals surface area contributed by atoms with Crippen molar-refractivity contribution in [3.63, 3.8) is 0 Å². The highest BCUT2D eigenvalue weighted by Gasteiger charge is 2.35. The van der Waals surface area contributed by atoms with Crippen LogP contribution in [0, 0.1) is 0 Å². The fourth-order valence-corrected chi connectivity index (χ4v) is 3.61. The molecule has 0 radical (unpaired) electrons. The summed E-state index contributed by atoms with van der Waals surface area (Å²) < 4.78 is 16.1. The van der Waals surface area contributed by atoms with Crippen molar-refractivity contribution in [1.82, 2.24) is 4.90 Å². The van der Waals surface area contributed by atoms with Crippen LogP contribution in [-0.4, -0.2) is 56.1 Å². The van der Waals surface area contributed by atoms with E-state index < -0.39 is 0 Å². The lowest BCUT2D eigenvalue weighted by atomic mass is 10.1. The summed E-state index contributed by atoms with van der Waals surface area (Å²) in [6.07, 6.45) is 0. The molecule has 1 aliphatic heterocycles. The van der Waals surface area contributed by atoms with Gasteiger partial charge in [0.25, 0.3) is 0 Å². The molecule has 1 aromatic carbocycles. The summed E-state index contributed by atoms with van der Waals surface area (Å²) in [5, 5.41) is 8.94. The summed E-state index contributed by atoms with van der Waals surface area (Å²) >= 11 is 1.50. The first kappa shape index (κ1) is 15.8. The minimum atomic E-state index is -0.195. The van der Waals surface area contributed by atoms with Gasteiger partial charge in [-0.1, -0.05) is 0 Å². The molecule has 1 unspecified atom stereocenters. The minimum absolute atomic E-state index is 0.0101. The van der Waals surface area contributed by atoms with Gasteiger partial charge in [-0.3, -0.25) is 4.79 Å². The minimum Gasteiger partial charge on any atom is -0.493 e. The van der Waals surface area contributed by atoms with Crippen LogP contribution in [0.4, 0.5) is 0 Å². The Hall–Kier alpha value is -1.60. The van der Waals surface area contributed by atoms with Crippen molar-refractivity contribution < 1.29 is 24.1 Å². The fourth-order valence-electron chi connectivity index (χ4n) is 2.38. The van der Waals surface area contributed by atoms with Crippen molar-refractivity contribution in [1.29, 1.82) is 0 Å². The second-order valence-corrected chi connectivity index (χ2v) is 5.47. The third-order valence-corrected chi connectivity index (χ3v) is 4.55. The predicted molar refractivity (Wildman–Crippen MR) is 80.1 cm³/mol. The number of hydrogen-bond donors (Lipinski definition) is 1. The van der Waals surface area contributed by atoms with Crippen LogP contribution in [0.15, 0.2) is 12.1 Å². The van der Waals surface area contributed by atoms with Crippen LogP contribution in [0.25, 0.3) is 0 Å². The maximum absolute atomic E-state index is 11.9. The lowest BCUT2D eigenvalue weighted by Gasteiger charge is -2.26. The van der Waals surface area contributed by atoms with Gasteiger partial charge in [-0.2, -0.15) is 0 Å². The van der Waals surface area contributed by atoms with Crippen molar-refractivity contribution in [3.8, 4) is 17.2 Å². The Morgan fingerprint density at radius 3 is 2.52 bits per heavy atom. The number of aliphatic hydroxyl groups excluding tert-OH is 1. The fraction of sp³-hybridized carbons (Fsp3) is 0.500. The summed E-state index contributed by atoms with van der Waals surface area (Å²) in [4.78, 5) is 13.6. The third kappa shape index (κ3) is 2.89. The SMILES string of the molecule is COc1ccc(C2SCC(=O)N2CCO)c(OC)c1OC. The maximum atomic E-state index is 11.9. The zero-order chi connectivity index (χ0) is 15.4. The van der Waals surface area contributed by atoms with Gasteiger partial charge in [0, 0.05) is 12.1 Å². The Balaban J connectivity index is 2.45. The number of aliphatic hydroxyl groups is 1. The molecule has 1 amide bonds. The van der Waals surface area contributed by atoms with Gasteiger partial charge >= 0.3 is 0 Å². The lowest BCUT2D eigenvalue weighted by molar-refractivity contribution is -0.128. The molecule has 0 saturated carbocycles. The zero-order valence-electron chi connectivity index (χ0n) is 12.3. The number of benzene rings is 1. The quantitative estimate of drug-likeness (QED) is 0.853. The largest absolute Gasteiger partial charge is 0.493 e. The number of amides is 1. The average molecular weight is 313 g/mol. The number of ether oxygens (including phenoxy) is 3. The first-order chi connectivity index (χ1) is 10.2. The molecule has 6 nitrogen and oxygen atoms in total. The van der Waals surface area contributed by atoms with Crippen LogP contribution in [0.1, 0.15) is 10.9 Å². The molecule has 1 atom stereocenters. The molecule has 0 aliphatic carbocycles. The maximum Gasteiger partial charge on any atom is 0.233 e. The molecule has 1 heterocycles. The Labute approximate surface area is 128 Å². The number of carbonyl (C=O) groups excluding carboxylic acids is 1. The highest BCUT2D eigenvalue weighted by atomic mass is 32.2. The highest BCUT2D eigenvalue weighted by molar-refractivity contribution is 8.00. The van der Waals surface area contributed by atoms with Gasteiger partial charge in [-0.15, -0.1) is 11.8 Å². The number of thioether (sulfide) groups is 1. The molecular weight excluding hydrogens is 294 g/mol. The van der Waals surface area contributed by atoms with Gasteiger partial charge in [-0.05, 0) is 12.1 Å². The zero-order valence-corrected chi connectivity index (χ0v) is 13.1. The van der Waals surface area contributed by atoms with Crippen LogP contribution >= 0.6 is 11.8 Å². The average Bonchev–Trinajstić information content (AvgIpc) is 2.87. The molecule has 1 aliphatic rings. The number of carbonyl (C=O) groups is 1. The normalized spacial score (nSPS) is 18.0. The van der Waals surface area contributed by atoms with Gasteiger partial charge in [0.1, 0.15) is 5.37 Å². The van der Waals surface area contributed by atoms with E-state index in [1.54, 1.807) is 32.3 Å². The number of methoxy groups -OCH3 is 3. The second-order valence-electron chi connectivity index (χ2n) is 4.40. The molecular formula is C14H19NO5S. The lowest BCUT2D eigenvalue weighted by Crippen LogP contribution is -2.31. The van der Waals surface area contributed by atoms with Crippen molar-refractivity contribution >= 4 is 17.7 Å². The molecule has 7 heteroatoms. The first-order valence-corrected chi connectivity index (χ1v) is 7.53. The molecule has 1 fully saturated rings. The van der Waals surface area contributed by atoms with Gasteiger partial charge < -0.3 is 24.2 Å². The summed E-state index contributed by atoms with van der Waals surface area (Å²) in [7, 11) is 4.66. The number of hydrogen-bond acceptors (Lipinski definition) is 6. The van der Waals surface area contributed by atoms with Gasteiger partial charge in [-0.25, -0.2) is 0 Å². The standard InChI is InChI=1S/C14H19NO5S/c1-18-10-5-4-9(12(19-2)13(10)20-3)14-15(6-7-16)11(17)8-21-14/h4-5,14,16H,6-8H2,1-3H3. The summed E-state index contributed by atoms with van der Waals surface area (Å²) in [6, 6.07) is 3.65. The van der Waals surface area contributed by atoms with Gasteiger partial charge in [0.2, 0.25) is 11.7 Å². The van der Waals surface area contributed by atoms with E-state index in [0.717, 1.165) is 5.56 Å². The first-order valence-electron chi connectivity index (χ1n) is 6.48. The molecule has 2 rings (SSSR count). The molecule has 21 heavy (non-hydrogen) atoms. The molecule has 0 bridgehead atoms. The Bertz CT molecular complexity index is 522. The number of β-amino-alcohol motifs (C(OH)–C–C–N with tert-alkyl or cyclic N) is 1. The second kappa shape index (κ2) is 6.91. The van der Waals surface area contributed by atoms with Crippen molar-refractivity contribution in [2.45, 2.75) is 5.37 Å². The van der Waals surface area contributed by atoms with Crippen LogP contribution in [0.5, 0.6) is 17.2 Å². The molecule has 1 saturated heterocycles. The van der Waals surface area contributed by atoms with Gasteiger partial charge in [0.15, 0.2) is 11.5 Å². The Kier molecular flexibility index (Phi) is 5.19. The third-order valence-electron chi connectivity index (χ3n) is 3.31. The van der Waals surface area contributed by atoms with Crippen LogP contribution < -0.4 is 14.2 Å². The molecule has 1 aromatic rings. The molecule has 116 valence electrons. The Morgan fingerprint density at radius 2 is 1.95 bits per heavy atom. The topological polar surface area (TPSA) is 68.2 Å². The van der Waals surface area contributed by atoms with E-state index in [1.807, 2.05) is 6.07 Å². The highest BCUT2D eigenvalue weighted by Crippen LogP contribution is 2.48. The van der Waals surface area contributed by atoms with E-state index in [1.165, 1.54) is 11.8 Å². The van der Waals surface area contributed by atoms with Gasteiger partial charge in [0.05, 0.1) is 33.7 Å². The van der Waals surface area contributed by atoms with Crippen LogP contribution in [0.2, 0.25) is 0 Å². The molecule has 1 N–H and O–H groups in total. The molecule has 0 spiro atoms. The van der Waals surface area contributed by atoms with Crippen molar-refractivity contribution in [2.75, 3.05) is 40.2 Å². The monoisotopic (exact) mass is 313 g/mol. The van der Waals surface area contributed by atoms with Crippen molar-refractivity contribution in [3.05, 3.63) is 17.7 Å². The van der Waals surface area contributed by atoms with E-state index in [2.05, 4.69) is 0 Å². The van der Waals surface area contributed by atoms with Crippen molar-refractivity contribution in [2.24, 2.45) is 0 Å². The smallest absolute Gasteiger partial charge is 0.233 e. The van der Waals surface area contributed by atoms with E-state index in [0.29, 0.717) is 29.5 Å². The predicted octanol–water partition coefficient (Wildman–Crippen LogP) is 1.28. The van der Waals surface area contributed by atoms with E-state index in [9.17, 15) is 4.79 Å². The summed E-state index contributed by atoms with van der Waals surface area (Å²) in [6.45, 7) is 0.229. The Morgan fingerprint density at radius 1 is 1.24 bits per heavy atom. The summed E-state index contributed by atoms with van der Waals surface area (Å²) in [5.41, 5.74) is 0.833. The number of rotatable bonds is 6. The van der Waals surface area contributed by atoms with E-state index in [-0.39, 0.29) is 17.9 Å². The number of nitrogens with zero attached hydrogens (tertiary/aromatic N) is 1. The van der Waals surface area contributed by atoms with E-state index in [4.69, 9.17) is 19.3 Å². The summed E-state index contributed by atoms with van der Waals surface area (Å²) in [5.74, 6) is 2.02.